The van der Waals surface area contributed by atoms with Crippen molar-refractivity contribution in [3.63, 3.8) is 0 Å². The summed E-state index contributed by atoms with van der Waals surface area (Å²) in [7, 11) is 0. The van der Waals surface area contributed by atoms with Crippen LogP contribution in [0.25, 0.3) is 0 Å². The van der Waals surface area contributed by atoms with Crippen LogP contribution in [0.2, 0.25) is 0 Å². The lowest BCUT2D eigenvalue weighted by molar-refractivity contribution is 0.474. The SMILES string of the molecule is CCC1=CCC2CCCC12. The van der Waals surface area contributed by atoms with Crippen molar-refractivity contribution in [3.8, 4) is 0 Å². The maximum absolute atomic E-state index is 2.49. The first-order valence-electron chi connectivity index (χ1n) is 4.60. The molecule has 1 saturated carbocycles. The minimum absolute atomic E-state index is 1.02. The van der Waals surface area contributed by atoms with E-state index in [0.717, 1.165) is 11.8 Å². The van der Waals surface area contributed by atoms with Gasteiger partial charge in [0, 0.05) is 0 Å². The van der Waals surface area contributed by atoms with Crippen molar-refractivity contribution in [2.45, 2.75) is 39.0 Å². The van der Waals surface area contributed by atoms with Crippen LogP contribution in [-0.4, -0.2) is 0 Å². The fourth-order valence-electron chi connectivity index (χ4n) is 2.67. The molecule has 1 fully saturated rings. The molecular weight excluding hydrogens is 120 g/mol. The summed E-state index contributed by atoms with van der Waals surface area (Å²) in [5.74, 6) is 2.08. The standard InChI is InChI=1S/C10H16/c1-2-8-6-7-9-4-3-5-10(8)9/h6,9-10H,2-5,7H2,1H3. The van der Waals surface area contributed by atoms with Gasteiger partial charge in [0.05, 0.1) is 0 Å². The van der Waals surface area contributed by atoms with Crippen molar-refractivity contribution in [1.82, 2.24) is 0 Å². The molecule has 0 heteroatoms. The molecule has 2 rings (SSSR count). The third-order valence-electron chi connectivity index (χ3n) is 3.23. The molecule has 0 aromatic carbocycles. The van der Waals surface area contributed by atoms with Crippen LogP contribution in [0.3, 0.4) is 0 Å². The van der Waals surface area contributed by atoms with Crippen LogP contribution in [0.5, 0.6) is 0 Å². The van der Waals surface area contributed by atoms with E-state index in [-0.39, 0.29) is 0 Å². The Bertz CT molecular complexity index is 155. The van der Waals surface area contributed by atoms with Crippen LogP contribution < -0.4 is 0 Å². The van der Waals surface area contributed by atoms with E-state index in [2.05, 4.69) is 13.0 Å². The maximum atomic E-state index is 2.49. The molecule has 0 saturated heterocycles. The Balaban J connectivity index is 2.10. The van der Waals surface area contributed by atoms with Crippen molar-refractivity contribution in [1.29, 1.82) is 0 Å². The highest BCUT2D eigenvalue weighted by atomic mass is 14.4. The average Bonchev–Trinajstić information content (AvgIpc) is 2.44. The molecule has 10 heavy (non-hydrogen) atoms. The highest BCUT2D eigenvalue weighted by Crippen LogP contribution is 2.44. The van der Waals surface area contributed by atoms with Crippen molar-refractivity contribution >= 4 is 0 Å². The summed E-state index contributed by atoms with van der Waals surface area (Å²) in [5.41, 5.74) is 1.77. The molecule has 2 aliphatic rings. The average molecular weight is 136 g/mol. The van der Waals surface area contributed by atoms with Gasteiger partial charge in [0.2, 0.25) is 0 Å². The lowest BCUT2D eigenvalue weighted by atomic mass is 9.94. The van der Waals surface area contributed by atoms with Crippen LogP contribution in [-0.2, 0) is 0 Å². The van der Waals surface area contributed by atoms with Gasteiger partial charge >= 0.3 is 0 Å². The normalized spacial score (nSPS) is 37.9. The summed E-state index contributed by atoms with van der Waals surface area (Å²) >= 11 is 0. The molecular formula is C10H16. The van der Waals surface area contributed by atoms with E-state index < -0.39 is 0 Å². The Kier molecular flexibility index (Phi) is 1.55. The Morgan fingerprint density at radius 3 is 3.20 bits per heavy atom. The van der Waals surface area contributed by atoms with Gasteiger partial charge in [0.1, 0.15) is 0 Å². The molecule has 2 unspecified atom stereocenters. The van der Waals surface area contributed by atoms with Crippen LogP contribution in [0, 0.1) is 11.8 Å². The van der Waals surface area contributed by atoms with E-state index >= 15 is 0 Å². The van der Waals surface area contributed by atoms with E-state index in [9.17, 15) is 0 Å². The van der Waals surface area contributed by atoms with Gasteiger partial charge in [0.15, 0.2) is 0 Å². The van der Waals surface area contributed by atoms with E-state index in [1.54, 1.807) is 5.57 Å². The predicted molar refractivity (Wildman–Crippen MR) is 43.8 cm³/mol. The summed E-state index contributed by atoms with van der Waals surface area (Å²) in [5, 5.41) is 0. The second kappa shape index (κ2) is 2.41. The molecule has 0 aromatic heterocycles. The van der Waals surface area contributed by atoms with E-state index in [1.165, 1.54) is 32.1 Å². The van der Waals surface area contributed by atoms with Crippen LogP contribution in [0.1, 0.15) is 39.0 Å². The fourth-order valence-corrected chi connectivity index (χ4v) is 2.67. The lowest BCUT2D eigenvalue weighted by Crippen LogP contribution is -2.01. The zero-order chi connectivity index (χ0) is 6.97. The molecule has 0 nitrogen and oxygen atoms in total. The monoisotopic (exact) mass is 136 g/mol. The summed E-state index contributed by atoms with van der Waals surface area (Å²) in [6.07, 6.45) is 9.69. The minimum atomic E-state index is 1.02. The zero-order valence-corrected chi connectivity index (χ0v) is 6.77. The first-order valence-corrected chi connectivity index (χ1v) is 4.60. The molecule has 0 spiro atoms. The smallest absolute Gasteiger partial charge is 0.0172 e. The Labute approximate surface area is 63.3 Å². The van der Waals surface area contributed by atoms with Crippen molar-refractivity contribution in [3.05, 3.63) is 11.6 Å². The van der Waals surface area contributed by atoms with E-state index in [0.29, 0.717) is 0 Å². The third-order valence-corrected chi connectivity index (χ3v) is 3.23. The van der Waals surface area contributed by atoms with Crippen molar-refractivity contribution < 1.29 is 0 Å². The topological polar surface area (TPSA) is 0 Å². The molecule has 0 amide bonds. The summed E-state index contributed by atoms with van der Waals surface area (Å²) in [6, 6.07) is 0. The lowest BCUT2D eigenvalue weighted by Gasteiger charge is -2.11. The van der Waals surface area contributed by atoms with Gasteiger partial charge < -0.3 is 0 Å². The Hall–Kier alpha value is -0.260. The largest absolute Gasteiger partial charge is 0.0848 e. The van der Waals surface area contributed by atoms with Gasteiger partial charge in [0.25, 0.3) is 0 Å². The van der Waals surface area contributed by atoms with Crippen LogP contribution in [0.15, 0.2) is 11.6 Å². The highest BCUT2D eigenvalue weighted by Gasteiger charge is 2.32. The molecule has 0 aliphatic heterocycles. The molecule has 0 heterocycles. The van der Waals surface area contributed by atoms with Gasteiger partial charge in [-0.2, -0.15) is 0 Å². The summed E-state index contributed by atoms with van der Waals surface area (Å²) in [6.45, 7) is 2.30. The molecule has 2 aliphatic carbocycles. The van der Waals surface area contributed by atoms with Gasteiger partial charge in [-0.15, -0.1) is 0 Å². The maximum Gasteiger partial charge on any atom is -0.0172 e. The number of hydrogen-bond donors (Lipinski definition) is 0. The molecule has 0 aromatic rings. The quantitative estimate of drug-likeness (QED) is 0.486. The van der Waals surface area contributed by atoms with Gasteiger partial charge in [-0.1, -0.05) is 25.0 Å². The second-order valence-electron chi connectivity index (χ2n) is 3.67. The first-order chi connectivity index (χ1) is 4.92. The predicted octanol–water partition coefficient (Wildman–Crippen LogP) is 3.14. The highest BCUT2D eigenvalue weighted by molar-refractivity contribution is 5.16. The van der Waals surface area contributed by atoms with Gasteiger partial charge in [-0.3, -0.25) is 0 Å². The van der Waals surface area contributed by atoms with Crippen LogP contribution in [0.4, 0.5) is 0 Å². The fraction of sp³-hybridized carbons (Fsp3) is 0.800. The minimum Gasteiger partial charge on any atom is -0.0848 e. The van der Waals surface area contributed by atoms with E-state index in [4.69, 9.17) is 0 Å². The van der Waals surface area contributed by atoms with E-state index in [1.807, 2.05) is 0 Å². The van der Waals surface area contributed by atoms with Crippen LogP contribution >= 0.6 is 0 Å². The second-order valence-corrected chi connectivity index (χ2v) is 3.67. The zero-order valence-electron chi connectivity index (χ0n) is 6.77. The van der Waals surface area contributed by atoms with Gasteiger partial charge in [-0.25, -0.2) is 0 Å². The number of hydrogen-bond acceptors (Lipinski definition) is 0. The van der Waals surface area contributed by atoms with Gasteiger partial charge in [-0.05, 0) is 37.5 Å². The molecule has 0 radical (unpaired) electrons. The van der Waals surface area contributed by atoms with Crippen molar-refractivity contribution in [2.75, 3.05) is 0 Å². The Morgan fingerprint density at radius 2 is 2.40 bits per heavy atom. The molecule has 0 N–H and O–H groups in total. The third kappa shape index (κ3) is 0.817. The van der Waals surface area contributed by atoms with Crippen molar-refractivity contribution in [2.24, 2.45) is 11.8 Å². The first kappa shape index (κ1) is 6.45. The number of rotatable bonds is 1. The molecule has 2 atom stereocenters. The molecule has 56 valence electrons. The summed E-state index contributed by atoms with van der Waals surface area (Å²) in [4.78, 5) is 0. The Morgan fingerprint density at radius 1 is 1.50 bits per heavy atom. The molecule has 0 bridgehead atoms. The summed E-state index contributed by atoms with van der Waals surface area (Å²) < 4.78 is 0. The number of allylic oxidation sites excluding steroid dienone is 2. The number of fused-ring (bicyclic) bond motifs is 1.